The summed E-state index contributed by atoms with van der Waals surface area (Å²) in [5.74, 6) is 0.105. The van der Waals surface area contributed by atoms with E-state index in [1.54, 1.807) is 18.2 Å². The number of hydrogen-bond donors (Lipinski definition) is 2. The van der Waals surface area contributed by atoms with Crippen LogP contribution in [0.2, 0.25) is 5.02 Å². The Morgan fingerprint density at radius 1 is 1.40 bits per heavy atom. The molecule has 1 aromatic carbocycles. The summed E-state index contributed by atoms with van der Waals surface area (Å²) in [5.41, 5.74) is 0.414. The van der Waals surface area contributed by atoms with E-state index in [2.05, 4.69) is 26.0 Å². The summed E-state index contributed by atoms with van der Waals surface area (Å²) in [6.07, 6.45) is 4.02. The van der Waals surface area contributed by atoms with Gasteiger partial charge in [-0.05, 0) is 44.0 Å². The Morgan fingerprint density at radius 2 is 2.20 bits per heavy atom. The van der Waals surface area contributed by atoms with Crippen LogP contribution in [0.15, 0.2) is 22.7 Å². The average molecular weight is 382 g/mol. The van der Waals surface area contributed by atoms with Crippen molar-refractivity contribution in [1.29, 1.82) is 0 Å². The van der Waals surface area contributed by atoms with Crippen LogP contribution in [-0.4, -0.2) is 26.8 Å². The van der Waals surface area contributed by atoms with Crippen molar-refractivity contribution in [3.8, 4) is 0 Å². The average Bonchev–Trinajstić information content (AvgIpc) is 2.42. The molecule has 0 amide bonds. The number of halogens is 2. The first kappa shape index (κ1) is 16.1. The summed E-state index contributed by atoms with van der Waals surface area (Å²) in [6, 6.07) is 5.40. The molecule has 1 aliphatic heterocycles. The maximum absolute atomic E-state index is 12.1. The normalized spacial score (nSPS) is 19.8. The van der Waals surface area contributed by atoms with E-state index in [4.69, 9.17) is 11.6 Å². The van der Waals surface area contributed by atoms with Crippen LogP contribution in [0, 0.1) is 0 Å². The molecule has 20 heavy (non-hydrogen) atoms. The van der Waals surface area contributed by atoms with Crippen LogP contribution in [0.5, 0.6) is 0 Å². The van der Waals surface area contributed by atoms with Crippen molar-refractivity contribution >= 4 is 43.2 Å². The van der Waals surface area contributed by atoms with E-state index < -0.39 is 10.0 Å². The Labute approximate surface area is 133 Å². The predicted molar refractivity (Wildman–Crippen MR) is 86.8 cm³/mol. The SMILES string of the molecule is O=S(=O)(CCC1CCCCN1)Nc1cc(Br)ccc1Cl. The first-order chi connectivity index (χ1) is 9.46. The molecule has 0 bridgehead atoms. The van der Waals surface area contributed by atoms with E-state index in [0.717, 1.165) is 17.4 Å². The van der Waals surface area contributed by atoms with Crippen LogP contribution in [0.4, 0.5) is 5.69 Å². The summed E-state index contributed by atoms with van der Waals surface area (Å²) in [7, 11) is -3.37. The van der Waals surface area contributed by atoms with Crippen molar-refractivity contribution in [1.82, 2.24) is 5.32 Å². The maximum atomic E-state index is 12.1. The summed E-state index contributed by atoms with van der Waals surface area (Å²) >= 11 is 9.29. The Morgan fingerprint density at radius 3 is 2.90 bits per heavy atom. The lowest BCUT2D eigenvalue weighted by Gasteiger charge is -2.23. The molecule has 1 fully saturated rings. The molecule has 7 heteroatoms. The molecule has 112 valence electrons. The Kier molecular flexibility index (Phi) is 5.72. The predicted octanol–water partition coefficient (Wildman–Crippen LogP) is 3.38. The molecule has 1 saturated heterocycles. The smallest absolute Gasteiger partial charge is 0.232 e. The molecule has 0 aromatic heterocycles. The molecule has 4 nitrogen and oxygen atoms in total. The van der Waals surface area contributed by atoms with Crippen LogP contribution in [0.1, 0.15) is 25.7 Å². The third kappa shape index (κ3) is 4.91. The van der Waals surface area contributed by atoms with Gasteiger partial charge in [0, 0.05) is 10.5 Å². The van der Waals surface area contributed by atoms with E-state index in [1.165, 1.54) is 12.8 Å². The van der Waals surface area contributed by atoms with E-state index in [9.17, 15) is 8.42 Å². The molecule has 0 saturated carbocycles. The van der Waals surface area contributed by atoms with Crippen LogP contribution < -0.4 is 10.0 Å². The first-order valence-corrected chi connectivity index (χ1v) is 9.47. The number of hydrogen-bond acceptors (Lipinski definition) is 3. The zero-order chi connectivity index (χ0) is 14.6. The van der Waals surface area contributed by atoms with Crippen molar-refractivity contribution in [2.45, 2.75) is 31.7 Å². The van der Waals surface area contributed by atoms with Crippen molar-refractivity contribution in [3.05, 3.63) is 27.7 Å². The molecule has 0 radical (unpaired) electrons. The molecule has 0 spiro atoms. The Balaban J connectivity index is 1.94. The fourth-order valence-electron chi connectivity index (χ4n) is 2.26. The quantitative estimate of drug-likeness (QED) is 0.822. The number of anilines is 1. The molecule has 1 heterocycles. The number of benzene rings is 1. The Bertz CT molecular complexity index is 559. The van der Waals surface area contributed by atoms with Gasteiger partial charge in [-0.15, -0.1) is 0 Å². The zero-order valence-corrected chi connectivity index (χ0v) is 14.2. The van der Waals surface area contributed by atoms with Gasteiger partial charge in [0.05, 0.1) is 16.5 Å². The third-order valence-corrected chi connectivity index (χ3v) is 5.47. The molecule has 1 unspecified atom stereocenters. The second-order valence-corrected chi connectivity index (χ2v) is 8.15. The second kappa shape index (κ2) is 7.11. The van der Waals surface area contributed by atoms with Crippen molar-refractivity contribution in [3.63, 3.8) is 0 Å². The second-order valence-electron chi connectivity index (χ2n) is 4.98. The summed E-state index contributed by atoms with van der Waals surface area (Å²) < 4.78 is 27.5. The highest BCUT2D eigenvalue weighted by Gasteiger charge is 2.18. The van der Waals surface area contributed by atoms with Gasteiger partial charge in [-0.1, -0.05) is 34.0 Å². The van der Waals surface area contributed by atoms with Crippen LogP contribution >= 0.6 is 27.5 Å². The van der Waals surface area contributed by atoms with Gasteiger partial charge in [0.15, 0.2) is 0 Å². The van der Waals surface area contributed by atoms with Gasteiger partial charge in [0.25, 0.3) is 0 Å². The van der Waals surface area contributed by atoms with E-state index in [0.29, 0.717) is 23.2 Å². The van der Waals surface area contributed by atoms with Crippen LogP contribution in [0.25, 0.3) is 0 Å². The minimum atomic E-state index is -3.37. The molecular weight excluding hydrogens is 364 g/mol. The molecular formula is C13H18BrClN2O2S. The topological polar surface area (TPSA) is 58.2 Å². The molecule has 1 aromatic rings. The van der Waals surface area contributed by atoms with Crippen molar-refractivity contribution in [2.24, 2.45) is 0 Å². The summed E-state index contributed by atoms with van der Waals surface area (Å²) in [4.78, 5) is 0. The molecule has 2 rings (SSSR count). The van der Waals surface area contributed by atoms with Gasteiger partial charge in [0.1, 0.15) is 0 Å². The molecule has 1 aliphatic rings. The largest absolute Gasteiger partial charge is 0.314 e. The number of nitrogens with one attached hydrogen (secondary N) is 2. The van der Waals surface area contributed by atoms with Crippen LogP contribution in [-0.2, 0) is 10.0 Å². The zero-order valence-electron chi connectivity index (χ0n) is 11.0. The standard InChI is InChI=1S/C13H18BrClN2O2S/c14-10-4-5-12(15)13(9-10)17-20(18,19)8-6-11-3-1-2-7-16-11/h4-5,9,11,16-17H,1-3,6-8H2. The first-order valence-electron chi connectivity index (χ1n) is 6.65. The van der Waals surface area contributed by atoms with Gasteiger partial charge >= 0.3 is 0 Å². The van der Waals surface area contributed by atoms with Crippen molar-refractivity contribution in [2.75, 3.05) is 17.0 Å². The van der Waals surface area contributed by atoms with E-state index in [1.807, 2.05) is 0 Å². The minimum absolute atomic E-state index is 0.105. The van der Waals surface area contributed by atoms with Gasteiger partial charge in [-0.25, -0.2) is 8.42 Å². The lowest BCUT2D eigenvalue weighted by atomic mass is 10.0. The highest BCUT2D eigenvalue weighted by atomic mass is 79.9. The fourth-order valence-corrected chi connectivity index (χ4v) is 4.04. The Hall–Kier alpha value is -0.300. The summed E-state index contributed by atoms with van der Waals surface area (Å²) in [6.45, 7) is 0.982. The van der Waals surface area contributed by atoms with Gasteiger partial charge in [-0.2, -0.15) is 0 Å². The van der Waals surface area contributed by atoms with Gasteiger partial charge < -0.3 is 5.32 Å². The van der Waals surface area contributed by atoms with Gasteiger partial charge in [-0.3, -0.25) is 4.72 Å². The number of sulfonamides is 1. The van der Waals surface area contributed by atoms with Crippen LogP contribution in [0.3, 0.4) is 0 Å². The molecule has 1 atom stereocenters. The number of rotatable bonds is 5. The van der Waals surface area contributed by atoms with E-state index >= 15 is 0 Å². The van der Waals surface area contributed by atoms with Gasteiger partial charge in [0.2, 0.25) is 10.0 Å². The molecule has 2 N–H and O–H groups in total. The van der Waals surface area contributed by atoms with E-state index in [-0.39, 0.29) is 5.75 Å². The lowest BCUT2D eigenvalue weighted by Crippen LogP contribution is -2.36. The van der Waals surface area contributed by atoms with Crippen molar-refractivity contribution < 1.29 is 8.42 Å². The highest BCUT2D eigenvalue weighted by Crippen LogP contribution is 2.26. The molecule has 0 aliphatic carbocycles. The third-order valence-electron chi connectivity index (χ3n) is 3.34. The monoisotopic (exact) mass is 380 g/mol. The summed E-state index contributed by atoms with van der Waals surface area (Å²) in [5, 5.41) is 3.75. The fraction of sp³-hybridized carbons (Fsp3) is 0.538. The minimum Gasteiger partial charge on any atom is -0.314 e. The lowest BCUT2D eigenvalue weighted by molar-refractivity contribution is 0.393. The number of piperidine rings is 1. The maximum Gasteiger partial charge on any atom is 0.232 e. The highest BCUT2D eigenvalue weighted by molar-refractivity contribution is 9.10.